The fraction of sp³-hybridized carbons (Fsp3) is 0.263. The van der Waals surface area contributed by atoms with E-state index in [4.69, 9.17) is 9.15 Å². The van der Waals surface area contributed by atoms with Crippen LogP contribution in [0.25, 0.3) is 11.0 Å². The highest BCUT2D eigenvalue weighted by Crippen LogP contribution is 2.26. The molecule has 0 radical (unpaired) electrons. The monoisotopic (exact) mass is 350 g/mol. The number of nitriles is 1. The molecule has 1 aromatic carbocycles. The predicted octanol–water partition coefficient (Wildman–Crippen LogP) is 2.94. The van der Waals surface area contributed by atoms with Crippen molar-refractivity contribution in [2.24, 2.45) is 0 Å². The van der Waals surface area contributed by atoms with Crippen molar-refractivity contribution in [1.29, 1.82) is 5.26 Å². The molecule has 0 fully saturated rings. The first-order chi connectivity index (χ1) is 12.7. The Bertz CT molecular complexity index is 932. The quantitative estimate of drug-likeness (QED) is 0.703. The average Bonchev–Trinajstić information content (AvgIpc) is 3.18. The van der Waals surface area contributed by atoms with Crippen molar-refractivity contribution in [3.63, 3.8) is 0 Å². The lowest BCUT2D eigenvalue weighted by Crippen LogP contribution is -2.29. The van der Waals surface area contributed by atoms with E-state index >= 15 is 0 Å². The number of hydrogen-bond donors (Lipinski definition) is 1. The molecular weight excluding hydrogens is 332 g/mol. The third-order valence-corrected chi connectivity index (χ3v) is 3.69. The number of hydrogen-bond acceptors (Lipinski definition) is 6. The first kappa shape index (κ1) is 17.4. The largest absolute Gasteiger partial charge is 0.476 e. The molecule has 7 nitrogen and oxygen atoms in total. The molecule has 26 heavy (non-hydrogen) atoms. The highest BCUT2D eigenvalue weighted by molar-refractivity contribution is 5.87. The molecule has 2 aromatic heterocycles. The average molecular weight is 350 g/mol. The smallest absolute Gasteiger partial charge is 0.244 e. The standard InChI is InChI=1S/C19H18N4O3/c1-2-9-26-19-17(22-15-7-3-4-8-16(15)23-19)14(11-20)18(24)21-12-13-6-5-10-25-13/h3-8,10,14H,2,9,12H2,1H3,(H,21,24)/t14-/m0/s1. The first-order valence-corrected chi connectivity index (χ1v) is 8.32. The normalized spacial score (nSPS) is 11.7. The molecule has 132 valence electrons. The summed E-state index contributed by atoms with van der Waals surface area (Å²) in [6.07, 6.45) is 2.30. The number of para-hydroxylation sites is 2. The number of fused-ring (bicyclic) bond motifs is 1. The van der Waals surface area contributed by atoms with Gasteiger partial charge in [-0.05, 0) is 30.7 Å². The van der Waals surface area contributed by atoms with Gasteiger partial charge in [-0.2, -0.15) is 5.26 Å². The van der Waals surface area contributed by atoms with Gasteiger partial charge in [0.1, 0.15) is 11.5 Å². The van der Waals surface area contributed by atoms with Gasteiger partial charge in [0, 0.05) is 0 Å². The van der Waals surface area contributed by atoms with Crippen molar-refractivity contribution >= 4 is 16.9 Å². The summed E-state index contributed by atoms with van der Waals surface area (Å²) in [4.78, 5) is 21.4. The molecule has 2 heterocycles. The molecule has 0 aliphatic heterocycles. The number of amides is 1. The molecule has 0 bridgehead atoms. The predicted molar refractivity (Wildman–Crippen MR) is 94.2 cm³/mol. The van der Waals surface area contributed by atoms with Crippen LogP contribution < -0.4 is 10.1 Å². The summed E-state index contributed by atoms with van der Waals surface area (Å²) in [6, 6.07) is 12.7. The molecule has 0 spiro atoms. The minimum absolute atomic E-state index is 0.191. The number of rotatable bonds is 7. The van der Waals surface area contributed by atoms with Gasteiger partial charge < -0.3 is 14.5 Å². The van der Waals surface area contributed by atoms with Crippen molar-refractivity contribution in [2.75, 3.05) is 6.61 Å². The number of benzene rings is 1. The molecule has 0 saturated heterocycles. The summed E-state index contributed by atoms with van der Waals surface area (Å²) < 4.78 is 10.8. The summed E-state index contributed by atoms with van der Waals surface area (Å²) in [5.41, 5.74) is 1.47. The highest BCUT2D eigenvalue weighted by Gasteiger charge is 2.27. The lowest BCUT2D eigenvalue weighted by atomic mass is 10.1. The van der Waals surface area contributed by atoms with Gasteiger partial charge in [-0.1, -0.05) is 19.1 Å². The minimum atomic E-state index is -1.13. The Labute approximate surface area is 150 Å². The first-order valence-electron chi connectivity index (χ1n) is 8.32. The number of nitrogens with one attached hydrogen (secondary N) is 1. The molecular formula is C19H18N4O3. The second kappa shape index (κ2) is 8.12. The van der Waals surface area contributed by atoms with E-state index in [2.05, 4.69) is 15.3 Å². The zero-order valence-electron chi connectivity index (χ0n) is 14.3. The van der Waals surface area contributed by atoms with Crippen molar-refractivity contribution in [3.05, 3.63) is 54.1 Å². The molecule has 1 atom stereocenters. The van der Waals surface area contributed by atoms with Gasteiger partial charge in [-0.25, -0.2) is 9.97 Å². The van der Waals surface area contributed by atoms with Crippen molar-refractivity contribution in [1.82, 2.24) is 15.3 Å². The summed E-state index contributed by atoms with van der Waals surface area (Å²) >= 11 is 0. The molecule has 1 amide bonds. The Kier molecular flexibility index (Phi) is 5.44. The zero-order valence-corrected chi connectivity index (χ0v) is 14.3. The Morgan fingerprint density at radius 3 is 2.69 bits per heavy atom. The van der Waals surface area contributed by atoms with Crippen LogP contribution in [-0.4, -0.2) is 22.5 Å². The fourth-order valence-corrected chi connectivity index (χ4v) is 2.42. The van der Waals surface area contributed by atoms with Crippen LogP contribution in [0, 0.1) is 11.3 Å². The molecule has 1 N–H and O–H groups in total. The van der Waals surface area contributed by atoms with Crippen LogP contribution in [0.1, 0.15) is 30.7 Å². The van der Waals surface area contributed by atoms with Gasteiger partial charge in [0.15, 0.2) is 5.92 Å². The number of furan rings is 1. The summed E-state index contributed by atoms with van der Waals surface area (Å²) in [5, 5.41) is 12.3. The number of carbonyl (C=O) groups is 1. The minimum Gasteiger partial charge on any atom is -0.476 e. The molecule has 3 rings (SSSR count). The van der Waals surface area contributed by atoms with E-state index < -0.39 is 11.8 Å². The van der Waals surface area contributed by atoms with Crippen molar-refractivity contribution < 1.29 is 13.9 Å². The Hall–Kier alpha value is -3.40. The number of nitrogens with zero attached hydrogens (tertiary/aromatic N) is 3. The summed E-state index contributed by atoms with van der Waals surface area (Å²) in [6.45, 7) is 2.58. The van der Waals surface area contributed by atoms with Crippen molar-refractivity contribution in [3.8, 4) is 11.9 Å². The Balaban J connectivity index is 1.91. The van der Waals surface area contributed by atoms with E-state index in [1.807, 2.05) is 31.2 Å². The van der Waals surface area contributed by atoms with E-state index in [1.54, 1.807) is 18.2 Å². The maximum Gasteiger partial charge on any atom is 0.244 e. The van der Waals surface area contributed by atoms with E-state index in [1.165, 1.54) is 6.26 Å². The van der Waals surface area contributed by atoms with Crippen LogP contribution >= 0.6 is 0 Å². The second-order valence-corrected chi connectivity index (χ2v) is 5.61. The SMILES string of the molecule is CCCOc1nc2ccccc2nc1[C@H](C#N)C(=O)NCc1ccco1. The summed E-state index contributed by atoms with van der Waals surface area (Å²) in [5.74, 6) is -0.795. The molecule has 0 saturated carbocycles. The molecule has 0 aliphatic rings. The van der Waals surface area contributed by atoms with E-state index in [0.717, 1.165) is 6.42 Å². The van der Waals surface area contributed by atoms with E-state index in [0.29, 0.717) is 23.4 Å². The Morgan fingerprint density at radius 1 is 1.27 bits per heavy atom. The van der Waals surface area contributed by atoms with Gasteiger partial charge >= 0.3 is 0 Å². The zero-order chi connectivity index (χ0) is 18.4. The second-order valence-electron chi connectivity index (χ2n) is 5.61. The van der Waals surface area contributed by atoms with Gasteiger partial charge in [0.2, 0.25) is 11.8 Å². The van der Waals surface area contributed by atoms with Gasteiger partial charge in [0.25, 0.3) is 0 Å². The van der Waals surface area contributed by atoms with Crippen LogP contribution in [0.15, 0.2) is 47.1 Å². The number of ether oxygens (including phenoxy) is 1. The van der Waals surface area contributed by atoms with Crippen LogP contribution in [0.4, 0.5) is 0 Å². The third kappa shape index (κ3) is 3.81. The van der Waals surface area contributed by atoms with Crippen LogP contribution in [-0.2, 0) is 11.3 Å². The van der Waals surface area contributed by atoms with Gasteiger partial charge in [-0.15, -0.1) is 0 Å². The van der Waals surface area contributed by atoms with Gasteiger partial charge in [-0.3, -0.25) is 4.79 Å². The highest BCUT2D eigenvalue weighted by atomic mass is 16.5. The Morgan fingerprint density at radius 2 is 2.04 bits per heavy atom. The van der Waals surface area contributed by atoms with Gasteiger partial charge in [0.05, 0.1) is 36.5 Å². The molecule has 7 heteroatoms. The van der Waals surface area contributed by atoms with E-state index in [-0.39, 0.29) is 18.1 Å². The number of carbonyl (C=O) groups excluding carboxylic acids is 1. The lowest BCUT2D eigenvalue weighted by Gasteiger charge is -2.14. The lowest BCUT2D eigenvalue weighted by molar-refractivity contribution is -0.121. The van der Waals surface area contributed by atoms with Crippen molar-refractivity contribution in [2.45, 2.75) is 25.8 Å². The fourth-order valence-electron chi connectivity index (χ4n) is 2.42. The number of aromatic nitrogens is 2. The van der Waals surface area contributed by atoms with E-state index in [9.17, 15) is 10.1 Å². The van der Waals surface area contributed by atoms with Crippen LogP contribution in [0.5, 0.6) is 5.88 Å². The molecule has 3 aromatic rings. The third-order valence-electron chi connectivity index (χ3n) is 3.69. The molecule has 0 aliphatic carbocycles. The molecule has 0 unspecified atom stereocenters. The maximum atomic E-state index is 12.5. The van der Waals surface area contributed by atoms with Crippen LogP contribution in [0.3, 0.4) is 0 Å². The summed E-state index contributed by atoms with van der Waals surface area (Å²) in [7, 11) is 0. The maximum absolute atomic E-state index is 12.5. The van der Waals surface area contributed by atoms with Crippen LogP contribution in [0.2, 0.25) is 0 Å². The topological polar surface area (TPSA) is 101 Å².